The number of ketones is 1. The van der Waals surface area contributed by atoms with Crippen molar-refractivity contribution in [2.45, 2.75) is 38.5 Å². The minimum Gasteiger partial charge on any atom is -0.494 e. The van der Waals surface area contributed by atoms with Gasteiger partial charge in [-0.2, -0.15) is 0 Å². The van der Waals surface area contributed by atoms with Crippen molar-refractivity contribution in [3.8, 4) is 17.2 Å². The molecule has 0 amide bonds. The number of ether oxygens (including phenoxy) is 4. The van der Waals surface area contributed by atoms with Crippen LogP contribution < -0.4 is 14.2 Å². The van der Waals surface area contributed by atoms with Gasteiger partial charge in [-0.15, -0.1) is 0 Å². The quantitative estimate of drug-likeness (QED) is 0.530. The number of allylic oxidation sites excluding steroid dienone is 1. The Bertz CT molecular complexity index is 1200. The van der Waals surface area contributed by atoms with Crippen LogP contribution in [0.4, 0.5) is 0 Å². The number of rotatable bonds is 7. The molecule has 35 heavy (non-hydrogen) atoms. The lowest BCUT2D eigenvalue weighted by atomic mass is 9.66. The van der Waals surface area contributed by atoms with Crippen LogP contribution in [0, 0.1) is 5.92 Å². The molecule has 1 aliphatic carbocycles. The summed E-state index contributed by atoms with van der Waals surface area (Å²) in [5, 5.41) is 0. The summed E-state index contributed by atoms with van der Waals surface area (Å²) in [7, 11) is 4.54. The normalized spacial score (nSPS) is 21.7. The van der Waals surface area contributed by atoms with Crippen LogP contribution in [0.15, 0.2) is 58.7 Å². The van der Waals surface area contributed by atoms with E-state index in [0.717, 1.165) is 16.8 Å². The van der Waals surface area contributed by atoms with Crippen LogP contribution in [0.2, 0.25) is 0 Å². The first-order valence-electron chi connectivity index (χ1n) is 11.8. The molecule has 0 saturated heterocycles. The van der Waals surface area contributed by atoms with Gasteiger partial charge in [-0.1, -0.05) is 18.2 Å². The van der Waals surface area contributed by atoms with E-state index in [1.807, 2.05) is 49.4 Å². The van der Waals surface area contributed by atoms with E-state index < -0.39 is 17.8 Å². The van der Waals surface area contributed by atoms with Crippen molar-refractivity contribution in [1.29, 1.82) is 0 Å². The van der Waals surface area contributed by atoms with Crippen molar-refractivity contribution in [3.05, 3.63) is 64.9 Å². The first-order valence-corrected chi connectivity index (χ1v) is 11.8. The Morgan fingerprint density at radius 3 is 2.43 bits per heavy atom. The predicted octanol–water partition coefficient (Wildman–Crippen LogP) is 4.85. The molecular weight excluding hydrogens is 446 g/mol. The standard InChI is InChI=1S/C28H31NO6/c1-6-35-20-9-7-8-18(12-20)26-25(28(31)34-5)16(2)29-21-13-19(14-22(30)27(21)26)17-10-11-23(32-3)24(15-17)33-4/h7-12,15,19,26-27H,6,13-14H2,1-5H3/t19-,26-,27?/m1/s1. The molecule has 0 spiro atoms. The van der Waals surface area contributed by atoms with E-state index in [9.17, 15) is 9.59 Å². The molecule has 1 aliphatic heterocycles. The zero-order valence-electron chi connectivity index (χ0n) is 20.8. The Morgan fingerprint density at radius 2 is 1.74 bits per heavy atom. The van der Waals surface area contributed by atoms with Crippen LogP contribution >= 0.6 is 0 Å². The highest BCUT2D eigenvalue weighted by molar-refractivity contribution is 6.12. The summed E-state index contributed by atoms with van der Waals surface area (Å²) in [4.78, 5) is 31.3. The molecule has 0 aromatic heterocycles. The number of fused-ring (bicyclic) bond motifs is 1. The van der Waals surface area contributed by atoms with Gasteiger partial charge in [0.1, 0.15) is 11.5 Å². The van der Waals surface area contributed by atoms with Gasteiger partial charge in [0, 0.05) is 23.7 Å². The predicted molar refractivity (Wildman–Crippen MR) is 133 cm³/mol. The minimum atomic E-state index is -0.527. The molecular formula is C28H31NO6. The van der Waals surface area contributed by atoms with Crippen LogP contribution in [-0.2, 0) is 14.3 Å². The van der Waals surface area contributed by atoms with Gasteiger partial charge in [0.2, 0.25) is 0 Å². The Kier molecular flexibility index (Phi) is 7.24. The van der Waals surface area contributed by atoms with Gasteiger partial charge in [-0.3, -0.25) is 9.79 Å². The summed E-state index contributed by atoms with van der Waals surface area (Å²) in [6, 6.07) is 13.3. The molecule has 184 valence electrons. The van der Waals surface area contributed by atoms with Gasteiger partial charge in [0.25, 0.3) is 0 Å². The number of carbonyl (C=O) groups excluding carboxylic acids is 2. The minimum absolute atomic E-state index is 0.0415. The molecule has 3 atom stereocenters. The fraction of sp³-hybridized carbons (Fsp3) is 0.393. The lowest BCUT2D eigenvalue weighted by Crippen LogP contribution is -2.41. The second-order valence-corrected chi connectivity index (χ2v) is 8.74. The molecule has 7 nitrogen and oxygen atoms in total. The topological polar surface area (TPSA) is 83.4 Å². The van der Waals surface area contributed by atoms with Gasteiger partial charge in [-0.25, -0.2) is 4.79 Å². The molecule has 1 heterocycles. The number of Topliss-reactive ketones (excluding diaryl/α,β-unsaturated/α-hetero) is 1. The fourth-order valence-corrected chi connectivity index (χ4v) is 5.22. The van der Waals surface area contributed by atoms with Crippen LogP contribution in [0.5, 0.6) is 17.2 Å². The zero-order chi connectivity index (χ0) is 25.1. The lowest BCUT2D eigenvalue weighted by molar-refractivity contribution is -0.136. The highest BCUT2D eigenvalue weighted by Gasteiger charge is 2.46. The van der Waals surface area contributed by atoms with E-state index in [2.05, 4.69) is 0 Å². The second-order valence-electron chi connectivity index (χ2n) is 8.74. The Hall–Kier alpha value is -3.61. The summed E-state index contributed by atoms with van der Waals surface area (Å²) in [5.74, 6) is 0.502. The molecule has 4 rings (SSSR count). The first-order chi connectivity index (χ1) is 16.9. The second kappa shape index (κ2) is 10.3. The van der Waals surface area contributed by atoms with Crippen molar-refractivity contribution in [2.24, 2.45) is 10.9 Å². The average molecular weight is 478 g/mol. The number of esters is 1. The van der Waals surface area contributed by atoms with E-state index in [0.29, 0.717) is 48.0 Å². The molecule has 7 heteroatoms. The van der Waals surface area contributed by atoms with E-state index in [1.54, 1.807) is 21.1 Å². The number of nitrogens with zero attached hydrogens (tertiary/aromatic N) is 1. The zero-order valence-corrected chi connectivity index (χ0v) is 20.8. The van der Waals surface area contributed by atoms with Gasteiger partial charge < -0.3 is 18.9 Å². The van der Waals surface area contributed by atoms with Crippen molar-refractivity contribution < 1.29 is 28.5 Å². The molecule has 2 aromatic carbocycles. The third-order valence-corrected chi connectivity index (χ3v) is 6.77. The van der Waals surface area contributed by atoms with Crippen LogP contribution in [0.25, 0.3) is 0 Å². The number of hydrogen-bond acceptors (Lipinski definition) is 7. The van der Waals surface area contributed by atoms with E-state index in [1.165, 1.54) is 7.11 Å². The van der Waals surface area contributed by atoms with Crippen molar-refractivity contribution in [1.82, 2.24) is 0 Å². The lowest BCUT2D eigenvalue weighted by Gasteiger charge is -2.38. The van der Waals surface area contributed by atoms with Crippen molar-refractivity contribution >= 4 is 17.5 Å². The number of aliphatic imine (C=N–C) groups is 1. The highest BCUT2D eigenvalue weighted by Crippen LogP contribution is 2.47. The molecule has 0 N–H and O–H groups in total. The monoisotopic (exact) mass is 477 g/mol. The van der Waals surface area contributed by atoms with Crippen LogP contribution in [0.3, 0.4) is 0 Å². The van der Waals surface area contributed by atoms with Crippen molar-refractivity contribution in [2.75, 3.05) is 27.9 Å². The molecule has 0 bridgehead atoms. The maximum atomic E-state index is 13.7. The summed E-state index contributed by atoms with van der Waals surface area (Å²) in [5.41, 5.74) is 3.62. The largest absolute Gasteiger partial charge is 0.494 e. The number of carbonyl (C=O) groups is 2. The van der Waals surface area contributed by atoms with Gasteiger partial charge >= 0.3 is 5.97 Å². The third kappa shape index (κ3) is 4.67. The number of methoxy groups -OCH3 is 3. The fourth-order valence-electron chi connectivity index (χ4n) is 5.22. The smallest absolute Gasteiger partial charge is 0.336 e. The Morgan fingerprint density at radius 1 is 0.971 bits per heavy atom. The Labute approximate surface area is 205 Å². The summed E-state index contributed by atoms with van der Waals surface area (Å²) >= 11 is 0. The maximum Gasteiger partial charge on any atom is 0.336 e. The molecule has 2 aromatic rings. The maximum absolute atomic E-state index is 13.7. The molecule has 1 fully saturated rings. The number of hydrogen-bond donors (Lipinski definition) is 0. The number of benzene rings is 2. The van der Waals surface area contributed by atoms with Gasteiger partial charge in [0.15, 0.2) is 11.5 Å². The van der Waals surface area contributed by atoms with Gasteiger partial charge in [-0.05, 0) is 61.6 Å². The molecule has 0 radical (unpaired) electrons. The summed E-state index contributed by atoms with van der Waals surface area (Å²) in [6.07, 6.45) is 0.952. The van der Waals surface area contributed by atoms with Crippen molar-refractivity contribution in [3.63, 3.8) is 0 Å². The van der Waals surface area contributed by atoms with Crippen LogP contribution in [0.1, 0.15) is 49.7 Å². The van der Waals surface area contributed by atoms with Gasteiger partial charge in [0.05, 0.1) is 39.4 Å². The summed E-state index contributed by atoms with van der Waals surface area (Å²) < 4.78 is 21.6. The van der Waals surface area contributed by atoms with E-state index in [4.69, 9.17) is 23.9 Å². The van der Waals surface area contributed by atoms with E-state index >= 15 is 0 Å². The van der Waals surface area contributed by atoms with Crippen LogP contribution in [-0.4, -0.2) is 45.4 Å². The SMILES string of the molecule is CCOc1cccc([C@@H]2C(C(=O)OC)=C(C)N=C3C[C@@H](c4ccc(OC)c(OC)c4)CC(=O)C32)c1. The third-order valence-electron chi connectivity index (χ3n) is 6.77. The van der Waals surface area contributed by atoms with E-state index in [-0.39, 0.29) is 11.7 Å². The first kappa shape index (κ1) is 24.5. The Balaban J connectivity index is 1.76. The molecule has 2 aliphatic rings. The summed E-state index contributed by atoms with van der Waals surface area (Å²) in [6.45, 7) is 4.25. The average Bonchev–Trinajstić information content (AvgIpc) is 2.87. The molecule has 1 saturated carbocycles. The molecule has 1 unspecified atom stereocenters. The highest BCUT2D eigenvalue weighted by atomic mass is 16.5.